The van der Waals surface area contributed by atoms with Crippen LogP contribution >= 0.6 is 0 Å². The van der Waals surface area contributed by atoms with Crippen molar-refractivity contribution in [2.24, 2.45) is 5.92 Å². The van der Waals surface area contributed by atoms with Crippen molar-refractivity contribution < 1.29 is 13.2 Å². The number of amides is 1. The molecule has 0 saturated carbocycles. The average Bonchev–Trinajstić information content (AvgIpc) is 2.68. The normalized spacial score (nSPS) is 16.2. The van der Waals surface area contributed by atoms with E-state index in [1.165, 1.54) is 4.31 Å². The molecular formula is C20H25N3O3S. The van der Waals surface area contributed by atoms with E-state index >= 15 is 0 Å². The highest BCUT2D eigenvalue weighted by Crippen LogP contribution is 2.26. The average molecular weight is 388 g/mol. The lowest BCUT2D eigenvalue weighted by Gasteiger charge is -2.31. The molecule has 0 spiro atoms. The van der Waals surface area contributed by atoms with Crippen LogP contribution in [0, 0.1) is 19.8 Å². The van der Waals surface area contributed by atoms with Gasteiger partial charge in [-0.1, -0.05) is 18.2 Å². The zero-order valence-electron chi connectivity index (χ0n) is 15.7. The van der Waals surface area contributed by atoms with Crippen LogP contribution in [0.2, 0.25) is 0 Å². The zero-order valence-corrected chi connectivity index (χ0v) is 16.5. The van der Waals surface area contributed by atoms with Gasteiger partial charge in [0, 0.05) is 25.2 Å². The molecule has 144 valence electrons. The summed E-state index contributed by atoms with van der Waals surface area (Å²) in [6, 6.07) is 11.0. The molecule has 2 aromatic rings. The van der Waals surface area contributed by atoms with Gasteiger partial charge in [0.25, 0.3) is 0 Å². The molecule has 1 aliphatic heterocycles. The Labute approximate surface area is 160 Å². The van der Waals surface area contributed by atoms with Crippen molar-refractivity contribution in [1.29, 1.82) is 0 Å². The van der Waals surface area contributed by atoms with Gasteiger partial charge in [0.2, 0.25) is 15.9 Å². The first-order chi connectivity index (χ1) is 12.9. The Kier molecular flexibility index (Phi) is 5.92. The van der Waals surface area contributed by atoms with Crippen LogP contribution in [0.3, 0.4) is 0 Å². The quantitative estimate of drug-likeness (QED) is 0.854. The Morgan fingerprint density at radius 3 is 2.59 bits per heavy atom. The summed E-state index contributed by atoms with van der Waals surface area (Å²) < 4.78 is 27.4. The largest absolute Gasteiger partial charge is 0.350 e. The van der Waals surface area contributed by atoms with Gasteiger partial charge in [0.05, 0.1) is 17.1 Å². The SMILES string of the molecule is Cc1ccc(C)c(S(=O)(=O)N2CCC(C(=O)NCc3ccccn3)CC2)c1. The molecule has 1 N–H and O–H groups in total. The van der Waals surface area contributed by atoms with E-state index in [4.69, 9.17) is 0 Å². The third kappa shape index (κ3) is 4.54. The third-order valence-electron chi connectivity index (χ3n) is 4.96. The Hall–Kier alpha value is -2.25. The first-order valence-electron chi connectivity index (χ1n) is 9.13. The van der Waals surface area contributed by atoms with Gasteiger partial charge in [0.1, 0.15) is 0 Å². The second kappa shape index (κ2) is 8.19. The van der Waals surface area contributed by atoms with Crippen molar-refractivity contribution in [2.75, 3.05) is 13.1 Å². The number of aryl methyl sites for hydroxylation is 2. The maximum Gasteiger partial charge on any atom is 0.243 e. The molecule has 1 fully saturated rings. The number of benzene rings is 1. The van der Waals surface area contributed by atoms with Crippen molar-refractivity contribution in [1.82, 2.24) is 14.6 Å². The lowest BCUT2D eigenvalue weighted by Crippen LogP contribution is -2.43. The molecule has 3 rings (SSSR count). The van der Waals surface area contributed by atoms with Crippen LogP contribution in [0.15, 0.2) is 47.5 Å². The maximum absolute atomic E-state index is 13.0. The number of nitrogens with zero attached hydrogens (tertiary/aromatic N) is 2. The van der Waals surface area contributed by atoms with Crippen LogP contribution in [0.1, 0.15) is 29.7 Å². The van der Waals surface area contributed by atoms with Gasteiger partial charge in [-0.15, -0.1) is 0 Å². The number of piperidine rings is 1. The van der Waals surface area contributed by atoms with E-state index in [1.54, 1.807) is 12.3 Å². The van der Waals surface area contributed by atoms with Crippen LogP contribution in [0.5, 0.6) is 0 Å². The molecule has 7 heteroatoms. The number of sulfonamides is 1. The lowest BCUT2D eigenvalue weighted by atomic mass is 9.97. The van der Waals surface area contributed by atoms with Gasteiger partial charge in [-0.2, -0.15) is 4.31 Å². The van der Waals surface area contributed by atoms with Gasteiger partial charge in [0.15, 0.2) is 0 Å². The molecule has 0 aliphatic carbocycles. The minimum Gasteiger partial charge on any atom is -0.350 e. The van der Waals surface area contributed by atoms with E-state index < -0.39 is 10.0 Å². The van der Waals surface area contributed by atoms with Crippen LogP contribution < -0.4 is 5.32 Å². The molecule has 2 heterocycles. The number of hydrogen-bond donors (Lipinski definition) is 1. The van der Waals surface area contributed by atoms with E-state index in [1.807, 2.05) is 44.2 Å². The molecule has 0 atom stereocenters. The predicted molar refractivity (Wildman–Crippen MR) is 103 cm³/mol. The van der Waals surface area contributed by atoms with E-state index in [0.717, 1.165) is 16.8 Å². The number of carbonyl (C=O) groups excluding carboxylic acids is 1. The minimum atomic E-state index is -3.53. The van der Waals surface area contributed by atoms with E-state index in [9.17, 15) is 13.2 Å². The predicted octanol–water partition coefficient (Wildman–Crippen LogP) is 2.42. The Morgan fingerprint density at radius 1 is 1.19 bits per heavy atom. The third-order valence-corrected chi connectivity index (χ3v) is 7.00. The van der Waals surface area contributed by atoms with E-state index in [-0.39, 0.29) is 11.8 Å². The lowest BCUT2D eigenvalue weighted by molar-refractivity contribution is -0.126. The number of hydrogen-bond acceptors (Lipinski definition) is 4. The second-order valence-corrected chi connectivity index (χ2v) is 8.89. The number of aromatic nitrogens is 1. The molecular weight excluding hydrogens is 362 g/mol. The van der Waals surface area contributed by atoms with Gasteiger partial charge < -0.3 is 5.32 Å². The Bertz CT molecular complexity index is 905. The molecule has 0 radical (unpaired) electrons. The second-order valence-electron chi connectivity index (χ2n) is 6.99. The summed E-state index contributed by atoms with van der Waals surface area (Å²) in [6.45, 7) is 4.80. The fraction of sp³-hybridized carbons (Fsp3) is 0.400. The number of nitrogens with one attached hydrogen (secondary N) is 1. The van der Waals surface area contributed by atoms with Crippen LogP contribution in [-0.4, -0.2) is 36.7 Å². The minimum absolute atomic E-state index is 0.0376. The number of carbonyl (C=O) groups is 1. The zero-order chi connectivity index (χ0) is 19.4. The number of pyridine rings is 1. The van der Waals surface area contributed by atoms with Crippen molar-refractivity contribution in [3.63, 3.8) is 0 Å². The first-order valence-corrected chi connectivity index (χ1v) is 10.6. The molecule has 27 heavy (non-hydrogen) atoms. The fourth-order valence-corrected chi connectivity index (χ4v) is 5.09. The summed E-state index contributed by atoms with van der Waals surface area (Å²) in [5.74, 6) is -0.205. The van der Waals surface area contributed by atoms with E-state index in [0.29, 0.717) is 37.4 Å². The summed E-state index contributed by atoms with van der Waals surface area (Å²) >= 11 is 0. The highest BCUT2D eigenvalue weighted by molar-refractivity contribution is 7.89. The first kappa shape index (κ1) is 19.5. The Balaban J connectivity index is 1.59. The molecule has 0 bridgehead atoms. The summed E-state index contributed by atoms with van der Waals surface area (Å²) in [4.78, 5) is 16.9. The number of rotatable bonds is 5. The molecule has 1 saturated heterocycles. The summed E-state index contributed by atoms with van der Waals surface area (Å²) in [6.07, 6.45) is 2.74. The molecule has 1 aromatic heterocycles. The molecule has 1 aliphatic rings. The van der Waals surface area contributed by atoms with Gasteiger partial charge >= 0.3 is 0 Å². The van der Waals surface area contributed by atoms with Crippen LogP contribution in [0.4, 0.5) is 0 Å². The van der Waals surface area contributed by atoms with Crippen LogP contribution in [0.25, 0.3) is 0 Å². The van der Waals surface area contributed by atoms with Crippen LogP contribution in [-0.2, 0) is 21.4 Å². The van der Waals surface area contributed by atoms with Crippen molar-refractivity contribution in [3.8, 4) is 0 Å². The highest BCUT2D eigenvalue weighted by atomic mass is 32.2. The van der Waals surface area contributed by atoms with Gasteiger partial charge in [-0.25, -0.2) is 8.42 Å². The standard InChI is InChI=1S/C20H25N3O3S/c1-15-6-7-16(2)19(13-15)27(25,26)23-11-8-17(9-12-23)20(24)22-14-18-5-3-4-10-21-18/h3-7,10,13,17H,8-9,11-12,14H2,1-2H3,(H,22,24). The van der Waals surface area contributed by atoms with Crippen molar-refractivity contribution >= 4 is 15.9 Å². The maximum atomic E-state index is 13.0. The van der Waals surface area contributed by atoms with Gasteiger partial charge in [-0.05, 0) is 56.0 Å². The van der Waals surface area contributed by atoms with Crippen molar-refractivity contribution in [3.05, 3.63) is 59.4 Å². The molecule has 0 unspecified atom stereocenters. The highest BCUT2D eigenvalue weighted by Gasteiger charge is 2.32. The van der Waals surface area contributed by atoms with E-state index in [2.05, 4.69) is 10.3 Å². The fourth-order valence-electron chi connectivity index (χ4n) is 3.31. The molecule has 6 nitrogen and oxygen atoms in total. The Morgan fingerprint density at radius 2 is 1.93 bits per heavy atom. The van der Waals surface area contributed by atoms with Gasteiger partial charge in [-0.3, -0.25) is 9.78 Å². The molecule has 1 amide bonds. The summed E-state index contributed by atoms with van der Waals surface area (Å²) in [5.41, 5.74) is 2.47. The smallest absolute Gasteiger partial charge is 0.243 e. The topological polar surface area (TPSA) is 79.4 Å². The monoisotopic (exact) mass is 387 g/mol. The van der Waals surface area contributed by atoms with Crippen molar-refractivity contribution in [2.45, 2.75) is 38.1 Å². The summed E-state index contributed by atoms with van der Waals surface area (Å²) in [7, 11) is -3.53. The summed E-state index contributed by atoms with van der Waals surface area (Å²) in [5, 5.41) is 2.90. The molecule has 1 aromatic carbocycles.